The number of benzene rings is 1. The third-order valence-corrected chi connectivity index (χ3v) is 4.14. The molecule has 0 spiro atoms. The van der Waals surface area contributed by atoms with Crippen LogP contribution in [0.4, 0.5) is 0 Å². The third kappa shape index (κ3) is 2.31. The molecule has 20 heavy (non-hydrogen) atoms. The molecule has 102 valence electrons. The second-order valence-electron chi connectivity index (χ2n) is 5.25. The Morgan fingerprint density at radius 1 is 1.30 bits per heavy atom. The lowest BCUT2D eigenvalue weighted by Gasteiger charge is -2.32. The van der Waals surface area contributed by atoms with Gasteiger partial charge in [-0.1, -0.05) is 24.8 Å². The minimum Gasteiger partial charge on any atom is -0.339 e. The van der Waals surface area contributed by atoms with Crippen LogP contribution >= 0.6 is 0 Å². The lowest BCUT2D eigenvalue weighted by molar-refractivity contribution is -0.127. The van der Waals surface area contributed by atoms with Gasteiger partial charge in [-0.2, -0.15) is 0 Å². The average molecular weight is 266 g/mol. The highest BCUT2D eigenvalue weighted by atomic mass is 16.2. The number of nitrogens with zero attached hydrogens (tertiary/aromatic N) is 2. The van der Waals surface area contributed by atoms with Crippen molar-refractivity contribution in [3.05, 3.63) is 54.9 Å². The molecule has 2 aromatic rings. The molecular formula is C17H18N2O. The quantitative estimate of drug-likeness (QED) is 0.782. The topological polar surface area (TPSA) is 33.2 Å². The maximum absolute atomic E-state index is 11.6. The van der Waals surface area contributed by atoms with Crippen molar-refractivity contribution in [2.75, 3.05) is 13.1 Å². The van der Waals surface area contributed by atoms with Crippen LogP contribution in [0.2, 0.25) is 0 Å². The standard InChI is InChI=1S/C17H18N2O/c1-2-17(20)19-10-7-13(8-11-19)15-5-3-4-14-12-18-9-6-16(14)15/h2-6,9,12-13H,1,7-8,10-11H2. The molecule has 3 heteroatoms. The van der Waals surface area contributed by atoms with Gasteiger partial charge in [-0.05, 0) is 41.9 Å². The second kappa shape index (κ2) is 5.45. The van der Waals surface area contributed by atoms with Gasteiger partial charge in [0.25, 0.3) is 0 Å². The Hall–Kier alpha value is -2.16. The Kier molecular flexibility index (Phi) is 3.50. The average Bonchev–Trinajstić information content (AvgIpc) is 2.54. The molecule has 0 radical (unpaired) electrons. The van der Waals surface area contributed by atoms with Crippen LogP contribution in [0.3, 0.4) is 0 Å². The number of hydrogen-bond donors (Lipinski definition) is 0. The van der Waals surface area contributed by atoms with Gasteiger partial charge in [0, 0.05) is 30.9 Å². The molecule has 0 aliphatic carbocycles. The summed E-state index contributed by atoms with van der Waals surface area (Å²) in [7, 11) is 0. The zero-order valence-corrected chi connectivity index (χ0v) is 11.5. The van der Waals surface area contributed by atoms with Crippen molar-refractivity contribution in [2.45, 2.75) is 18.8 Å². The van der Waals surface area contributed by atoms with E-state index in [1.165, 1.54) is 22.4 Å². The molecule has 3 nitrogen and oxygen atoms in total. The van der Waals surface area contributed by atoms with Gasteiger partial charge in [0.15, 0.2) is 0 Å². The summed E-state index contributed by atoms with van der Waals surface area (Å²) in [5, 5.41) is 2.48. The van der Waals surface area contributed by atoms with E-state index in [1.54, 1.807) is 0 Å². The summed E-state index contributed by atoms with van der Waals surface area (Å²) >= 11 is 0. The molecule has 2 heterocycles. The predicted molar refractivity (Wildman–Crippen MR) is 80.5 cm³/mol. The van der Waals surface area contributed by atoms with Crippen LogP contribution < -0.4 is 0 Å². The van der Waals surface area contributed by atoms with E-state index in [0.29, 0.717) is 5.92 Å². The number of amides is 1. The number of rotatable bonds is 2. The highest BCUT2D eigenvalue weighted by Gasteiger charge is 2.23. The van der Waals surface area contributed by atoms with Crippen LogP contribution in [0.25, 0.3) is 10.8 Å². The molecule has 0 saturated carbocycles. The molecule has 1 saturated heterocycles. The van der Waals surface area contributed by atoms with Gasteiger partial charge < -0.3 is 4.90 Å². The normalized spacial score (nSPS) is 16.3. The number of carbonyl (C=O) groups is 1. The summed E-state index contributed by atoms with van der Waals surface area (Å²) in [5.41, 5.74) is 1.38. The smallest absolute Gasteiger partial charge is 0.245 e. The van der Waals surface area contributed by atoms with Crippen LogP contribution in [0.15, 0.2) is 49.3 Å². The summed E-state index contributed by atoms with van der Waals surface area (Å²) in [6.45, 7) is 5.19. The minimum atomic E-state index is 0.0468. The van der Waals surface area contributed by atoms with Crippen molar-refractivity contribution in [3.8, 4) is 0 Å². The molecule has 0 unspecified atom stereocenters. The molecule has 3 rings (SSSR count). The van der Waals surface area contributed by atoms with Crippen molar-refractivity contribution in [2.24, 2.45) is 0 Å². The number of carbonyl (C=O) groups excluding carboxylic acids is 1. The number of piperidine rings is 1. The van der Waals surface area contributed by atoms with Crippen LogP contribution in [0, 0.1) is 0 Å². The molecular weight excluding hydrogens is 248 g/mol. The highest BCUT2D eigenvalue weighted by Crippen LogP contribution is 2.32. The summed E-state index contributed by atoms with van der Waals surface area (Å²) in [6, 6.07) is 8.49. The number of aromatic nitrogens is 1. The van der Waals surface area contributed by atoms with E-state index in [-0.39, 0.29) is 5.91 Å². The Labute approximate surface area is 118 Å². The van der Waals surface area contributed by atoms with Crippen molar-refractivity contribution in [1.29, 1.82) is 0 Å². The first-order valence-corrected chi connectivity index (χ1v) is 7.03. The van der Waals surface area contributed by atoms with Crippen molar-refractivity contribution in [3.63, 3.8) is 0 Å². The summed E-state index contributed by atoms with van der Waals surface area (Å²) in [5.74, 6) is 0.570. The monoisotopic (exact) mass is 266 g/mol. The number of likely N-dealkylation sites (tertiary alicyclic amines) is 1. The summed E-state index contributed by atoms with van der Waals surface area (Å²) in [4.78, 5) is 17.7. The minimum absolute atomic E-state index is 0.0468. The van der Waals surface area contributed by atoms with Crippen LogP contribution in [-0.2, 0) is 4.79 Å². The molecule has 1 aromatic carbocycles. The molecule has 1 amide bonds. The fourth-order valence-corrected chi connectivity index (χ4v) is 3.04. The van der Waals surface area contributed by atoms with E-state index in [1.807, 2.05) is 17.3 Å². The van der Waals surface area contributed by atoms with Crippen molar-refractivity contribution >= 4 is 16.7 Å². The Bertz CT molecular complexity index is 637. The van der Waals surface area contributed by atoms with E-state index < -0.39 is 0 Å². The zero-order valence-electron chi connectivity index (χ0n) is 11.5. The first-order chi connectivity index (χ1) is 9.79. The Morgan fingerprint density at radius 3 is 2.85 bits per heavy atom. The fraction of sp³-hybridized carbons (Fsp3) is 0.294. The van der Waals surface area contributed by atoms with Gasteiger partial charge in [-0.3, -0.25) is 9.78 Å². The second-order valence-corrected chi connectivity index (χ2v) is 5.25. The first-order valence-electron chi connectivity index (χ1n) is 7.03. The molecule has 1 aromatic heterocycles. The van der Waals surface area contributed by atoms with Crippen LogP contribution in [0.1, 0.15) is 24.3 Å². The first kappa shape index (κ1) is 12.9. The molecule has 1 fully saturated rings. The summed E-state index contributed by atoms with van der Waals surface area (Å²) < 4.78 is 0. The number of hydrogen-bond acceptors (Lipinski definition) is 2. The molecule has 0 atom stereocenters. The van der Waals surface area contributed by atoms with E-state index in [2.05, 4.69) is 35.8 Å². The van der Waals surface area contributed by atoms with Gasteiger partial charge in [0.1, 0.15) is 0 Å². The maximum atomic E-state index is 11.6. The molecule has 0 bridgehead atoms. The molecule has 1 aliphatic heterocycles. The van der Waals surface area contributed by atoms with Gasteiger partial charge in [-0.15, -0.1) is 0 Å². The lowest BCUT2D eigenvalue weighted by atomic mass is 9.86. The number of pyridine rings is 1. The van der Waals surface area contributed by atoms with Gasteiger partial charge >= 0.3 is 0 Å². The third-order valence-electron chi connectivity index (χ3n) is 4.14. The van der Waals surface area contributed by atoms with Crippen LogP contribution in [0.5, 0.6) is 0 Å². The Morgan fingerprint density at radius 2 is 2.10 bits per heavy atom. The maximum Gasteiger partial charge on any atom is 0.245 e. The molecule has 1 aliphatic rings. The van der Waals surface area contributed by atoms with E-state index in [9.17, 15) is 4.79 Å². The van der Waals surface area contributed by atoms with E-state index >= 15 is 0 Å². The van der Waals surface area contributed by atoms with Gasteiger partial charge in [0.2, 0.25) is 5.91 Å². The van der Waals surface area contributed by atoms with Crippen molar-refractivity contribution < 1.29 is 4.79 Å². The molecule has 0 N–H and O–H groups in total. The van der Waals surface area contributed by atoms with Gasteiger partial charge in [0.05, 0.1) is 0 Å². The largest absolute Gasteiger partial charge is 0.339 e. The predicted octanol–water partition coefficient (Wildman–Crippen LogP) is 3.13. The SMILES string of the molecule is C=CC(=O)N1CCC(c2cccc3cnccc23)CC1. The number of fused-ring (bicyclic) bond motifs is 1. The van der Waals surface area contributed by atoms with E-state index in [4.69, 9.17) is 0 Å². The van der Waals surface area contributed by atoms with E-state index in [0.717, 1.165) is 25.9 Å². The zero-order chi connectivity index (χ0) is 13.9. The van der Waals surface area contributed by atoms with Crippen LogP contribution in [-0.4, -0.2) is 28.9 Å². The summed E-state index contributed by atoms with van der Waals surface area (Å²) in [6.07, 6.45) is 7.20. The lowest BCUT2D eigenvalue weighted by Crippen LogP contribution is -2.36. The Balaban J connectivity index is 1.83. The van der Waals surface area contributed by atoms with Gasteiger partial charge in [-0.25, -0.2) is 0 Å². The van der Waals surface area contributed by atoms with Crippen molar-refractivity contribution in [1.82, 2.24) is 9.88 Å². The fourth-order valence-electron chi connectivity index (χ4n) is 3.04. The highest BCUT2D eigenvalue weighted by molar-refractivity contribution is 5.87.